The fourth-order valence-corrected chi connectivity index (χ4v) is 5.38. The van der Waals surface area contributed by atoms with Crippen LogP contribution in [0.5, 0.6) is 0 Å². The van der Waals surface area contributed by atoms with Gasteiger partial charge in [-0.3, -0.25) is 0 Å². The van der Waals surface area contributed by atoms with Gasteiger partial charge in [-0.05, 0) is 12.8 Å². The summed E-state index contributed by atoms with van der Waals surface area (Å²) in [7, 11) is -5.24. The molecule has 0 bridgehead atoms. The second-order valence-electron chi connectivity index (χ2n) is 10.4. The second kappa shape index (κ2) is 26.7. The lowest BCUT2D eigenvalue weighted by Gasteiger charge is -2.38. The normalized spacial score (nSPS) is 13.2. The maximum Gasteiger partial charge on any atom is 0.327 e. The van der Waals surface area contributed by atoms with E-state index in [9.17, 15) is 24.7 Å². The van der Waals surface area contributed by atoms with Gasteiger partial charge in [0.15, 0.2) is 0 Å². The van der Waals surface area contributed by atoms with Gasteiger partial charge in [-0.1, -0.05) is 123 Å². The zero-order valence-corrected chi connectivity index (χ0v) is 25.5. The van der Waals surface area contributed by atoms with Crippen LogP contribution >= 0.6 is 17.2 Å². The Labute approximate surface area is 229 Å². The van der Waals surface area contributed by atoms with Gasteiger partial charge in [0.05, 0.1) is 31.3 Å². The predicted octanol–water partition coefficient (Wildman–Crippen LogP) is 7.26. The molecule has 37 heavy (non-hydrogen) atoms. The van der Waals surface area contributed by atoms with Crippen molar-refractivity contribution in [3.05, 3.63) is 0 Å². The molecule has 0 aromatic heterocycles. The number of aliphatic hydroxyl groups excluding tert-OH is 1. The third-order valence-electron chi connectivity index (χ3n) is 7.07. The molecule has 0 fully saturated rings. The van der Waals surface area contributed by atoms with E-state index in [-0.39, 0.29) is 19.8 Å². The van der Waals surface area contributed by atoms with Crippen LogP contribution in [0.15, 0.2) is 0 Å². The first-order valence-electron chi connectivity index (χ1n) is 14.8. The molecule has 0 aliphatic heterocycles. The molecule has 0 aromatic rings. The van der Waals surface area contributed by atoms with Gasteiger partial charge < -0.3 is 38.5 Å². The molecule has 0 saturated heterocycles. The molecule has 1 unspecified atom stereocenters. The zero-order chi connectivity index (χ0) is 27.6. The maximum atomic E-state index is 10.3. The Kier molecular flexibility index (Phi) is 27.1. The molecule has 0 aliphatic carbocycles. The fraction of sp³-hybridized carbons (Fsp3) is 1.00. The van der Waals surface area contributed by atoms with Crippen LogP contribution in [0, 0.1) is 5.41 Å². The highest BCUT2D eigenvalue weighted by Gasteiger charge is 2.41. The van der Waals surface area contributed by atoms with E-state index in [1.165, 1.54) is 83.5 Å². The average molecular weight is 573 g/mol. The van der Waals surface area contributed by atoms with E-state index in [0.717, 1.165) is 32.1 Å². The van der Waals surface area contributed by atoms with Gasteiger partial charge in [0, 0.05) is 6.61 Å². The first-order chi connectivity index (χ1) is 17.9. The smallest absolute Gasteiger partial charge is 0.327 e. The molecule has 224 valence electrons. The van der Waals surface area contributed by atoms with Gasteiger partial charge in [0.1, 0.15) is 0 Å². The molecule has 0 radical (unpaired) electrons. The van der Waals surface area contributed by atoms with Crippen molar-refractivity contribution in [2.24, 2.45) is 5.41 Å². The van der Waals surface area contributed by atoms with Crippen molar-refractivity contribution < 1.29 is 38.5 Å². The molecule has 0 aliphatic rings. The molecular formula is C27H58O8P2. The van der Waals surface area contributed by atoms with Crippen LogP contribution in [0.1, 0.15) is 136 Å². The number of aliphatic hydroxyl groups is 1. The Bertz CT molecular complexity index is 460. The lowest BCUT2D eigenvalue weighted by Crippen LogP contribution is -2.47. The largest absolute Gasteiger partial charge is 0.396 e. The van der Waals surface area contributed by atoms with E-state index < -0.39 is 28.7 Å². The van der Waals surface area contributed by atoms with Crippen molar-refractivity contribution in [1.82, 2.24) is 0 Å². The van der Waals surface area contributed by atoms with E-state index >= 15 is 0 Å². The summed E-state index contributed by atoms with van der Waals surface area (Å²) in [6, 6.07) is 0. The minimum atomic E-state index is -2.62. The SMILES string of the molecule is CCCCCCCCCCCOC(CCCCCCCCCCC)C(CO)(COP(O)O)COP(O)O. The van der Waals surface area contributed by atoms with Crippen molar-refractivity contribution in [2.75, 3.05) is 26.4 Å². The summed E-state index contributed by atoms with van der Waals surface area (Å²) in [4.78, 5) is 37.3. The van der Waals surface area contributed by atoms with Crippen molar-refractivity contribution >= 4 is 17.2 Å². The summed E-state index contributed by atoms with van der Waals surface area (Å²) in [5, 5.41) is 10.3. The summed E-state index contributed by atoms with van der Waals surface area (Å²) in [6.07, 6.45) is 21.8. The van der Waals surface area contributed by atoms with Crippen LogP contribution in [0.4, 0.5) is 0 Å². The van der Waals surface area contributed by atoms with Crippen LogP contribution in [0.2, 0.25) is 0 Å². The topological polar surface area (TPSA) is 129 Å². The van der Waals surface area contributed by atoms with E-state index in [4.69, 9.17) is 13.8 Å². The van der Waals surface area contributed by atoms with Gasteiger partial charge in [-0.2, -0.15) is 0 Å². The predicted molar refractivity (Wildman–Crippen MR) is 153 cm³/mol. The average Bonchev–Trinajstić information content (AvgIpc) is 2.88. The summed E-state index contributed by atoms with van der Waals surface area (Å²) in [5.41, 5.74) is -1.11. The van der Waals surface area contributed by atoms with Crippen molar-refractivity contribution in [3.8, 4) is 0 Å². The third-order valence-corrected chi connectivity index (χ3v) is 7.79. The summed E-state index contributed by atoms with van der Waals surface area (Å²) in [5.74, 6) is 0. The zero-order valence-electron chi connectivity index (χ0n) is 23.7. The molecule has 0 amide bonds. The van der Waals surface area contributed by atoms with Crippen molar-refractivity contribution in [3.63, 3.8) is 0 Å². The minimum absolute atomic E-state index is 0.203. The fourth-order valence-electron chi connectivity index (χ4n) is 4.64. The monoisotopic (exact) mass is 572 g/mol. The maximum absolute atomic E-state index is 10.3. The van der Waals surface area contributed by atoms with Crippen LogP contribution < -0.4 is 0 Å². The van der Waals surface area contributed by atoms with E-state index in [0.29, 0.717) is 13.0 Å². The lowest BCUT2D eigenvalue weighted by atomic mass is 9.81. The Hall–Kier alpha value is 0.540. The van der Waals surface area contributed by atoms with Gasteiger partial charge >= 0.3 is 17.2 Å². The molecule has 0 rings (SSSR count). The second-order valence-corrected chi connectivity index (χ2v) is 11.9. The standard InChI is InChI=1S/C27H58O8P2/c1-3-5-7-9-11-13-15-17-19-21-26(33-22-20-18-16-14-12-10-8-6-4-2)27(23-28,24-34-36(29)30)25-35-37(31)32/h26,28-32H,3-25H2,1-2H3. The highest BCUT2D eigenvalue weighted by Crippen LogP contribution is 2.38. The number of hydrogen-bond donors (Lipinski definition) is 5. The molecular weight excluding hydrogens is 514 g/mol. The van der Waals surface area contributed by atoms with Crippen LogP contribution in [-0.4, -0.2) is 57.2 Å². The van der Waals surface area contributed by atoms with Gasteiger partial charge in [-0.25, -0.2) is 0 Å². The molecule has 0 aromatic carbocycles. The molecule has 0 spiro atoms. The third kappa shape index (κ3) is 22.0. The van der Waals surface area contributed by atoms with Crippen molar-refractivity contribution in [1.29, 1.82) is 0 Å². The summed E-state index contributed by atoms with van der Waals surface area (Å²) in [6.45, 7) is 4.18. The highest BCUT2D eigenvalue weighted by molar-refractivity contribution is 7.39. The van der Waals surface area contributed by atoms with E-state index in [1.54, 1.807) is 0 Å². The quantitative estimate of drug-likeness (QED) is 0.0468. The van der Waals surface area contributed by atoms with Crippen LogP contribution in [0.25, 0.3) is 0 Å². The van der Waals surface area contributed by atoms with Crippen molar-refractivity contribution in [2.45, 2.75) is 142 Å². The Morgan fingerprint density at radius 1 is 0.568 bits per heavy atom. The van der Waals surface area contributed by atoms with E-state index in [2.05, 4.69) is 13.8 Å². The van der Waals surface area contributed by atoms with Crippen LogP contribution in [0.3, 0.4) is 0 Å². The van der Waals surface area contributed by atoms with E-state index in [1.807, 2.05) is 0 Å². The highest BCUT2D eigenvalue weighted by atomic mass is 31.2. The first-order valence-corrected chi connectivity index (χ1v) is 17.1. The molecule has 0 saturated carbocycles. The molecule has 5 N–H and O–H groups in total. The number of hydrogen-bond acceptors (Lipinski definition) is 8. The molecule has 10 heteroatoms. The van der Waals surface area contributed by atoms with Gasteiger partial charge in [-0.15, -0.1) is 0 Å². The van der Waals surface area contributed by atoms with Crippen LogP contribution in [-0.2, 0) is 13.8 Å². The molecule has 1 atom stereocenters. The Morgan fingerprint density at radius 2 is 0.946 bits per heavy atom. The Morgan fingerprint density at radius 3 is 1.32 bits per heavy atom. The molecule has 8 nitrogen and oxygen atoms in total. The number of rotatable bonds is 29. The Balaban J connectivity index is 4.78. The summed E-state index contributed by atoms with van der Waals surface area (Å²) >= 11 is 0. The minimum Gasteiger partial charge on any atom is -0.396 e. The number of ether oxygens (including phenoxy) is 1. The molecule has 0 heterocycles. The van der Waals surface area contributed by atoms with Gasteiger partial charge in [0.25, 0.3) is 0 Å². The first kappa shape index (κ1) is 37.5. The lowest BCUT2D eigenvalue weighted by molar-refractivity contribution is -0.111. The number of unbranched alkanes of at least 4 members (excludes halogenated alkanes) is 16. The summed E-state index contributed by atoms with van der Waals surface area (Å²) < 4.78 is 16.5. The van der Waals surface area contributed by atoms with Gasteiger partial charge in [0.2, 0.25) is 0 Å².